The van der Waals surface area contributed by atoms with Crippen molar-refractivity contribution < 1.29 is 14.3 Å². The molecule has 2 aromatic rings. The number of piperazine rings is 1. The van der Waals surface area contributed by atoms with E-state index in [9.17, 15) is 9.59 Å². The van der Waals surface area contributed by atoms with Crippen LogP contribution in [0.3, 0.4) is 0 Å². The highest BCUT2D eigenvalue weighted by molar-refractivity contribution is 5.99. The zero-order chi connectivity index (χ0) is 17.8. The standard InChI is InChI=1S/C17H21N5O3/c1-13-9-22(14-5-3-4-6-15(14)25-2)17(24)10-21(13)16(23)7-8-20-12-18-11-19-20/h3-6,11-13H,7-10H2,1-2H3/t13-/m1/s1. The molecule has 0 saturated carbocycles. The second-order valence-electron chi connectivity index (χ2n) is 5.96. The van der Waals surface area contributed by atoms with Gasteiger partial charge in [0.1, 0.15) is 24.9 Å². The van der Waals surface area contributed by atoms with Crippen LogP contribution in [0.15, 0.2) is 36.9 Å². The van der Waals surface area contributed by atoms with Crippen LogP contribution in [0.4, 0.5) is 5.69 Å². The Hall–Kier alpha value is -2.90. The van der Waals surface area contributed by atoms with Crippen LogP contribution in [0.1, 0.15) is 13.3 Å². The van der Waals surface area contributed by atoms with Crippen molar-refractivity contribution in [2.24, 2.45) is 0 Å². The average molecular weight is 343 g/mol. The van der Waals surface area contributed by atoms with E-state index in [0.29, 0.717) is 18.8 Å². The quantitative estimate of drug-likeness (QED) is 0.807. The molecule has 1 atom stereocenters. The van der Waals surface area contributed by atoms with Crippen molar-refractivity contribution in [3.05, 3.63) is 36.9 Å². The normalized spacial score (nSPS) is 17.7. The second-order valence-corrected chi connectivity index (χ2v) is 5.96. The molecule has 1 aliphatic rings. The lowest BCUT2D eigenvalue weighted by molar-refractivity contribution is -0.139. The number of carbonyl (C=O) groups excluding carboxylic acids is 2. The van der Waals surface area contributed by atoms with E-state index in [1.54, 1.807) is 27.9 Å². The Kier molecular flexibility index (Phi) is 4.97. The third-order valence-corrected chi connectivity index (χ3v) is 4.30. The van der Waals surface area contributed by atoms with Crippen LogP contribution >= 0.6 is 0 Å². The molecule has 1 aromatic heterocycles. The maximum absolute atomic E-state index is 12.6. The van der Waals surface area contributed by atoms with Gasteiger partial charge < -0.3 is 14.5 Å². The van der Waals surface area contributed by atoms with E-state index in [2.05, 4.69) is 10.1 Å². The molecule has 1 saturated heterocycles. The van der Waals surface area contributed by atoms with Gasteiger partial charge in [-0.2, -0.15) is 5.10 Å². The number of carbonyl (C=O) groups is 2. The van der Waals surface area contributed by atoms with Crippen LogP contribution in [-0.2, 0) is 16.1 Å². The summed E-state index contributed by atoms with van der Waals surface area (Å²) in [6, 6.07) is 7.33. The smallest absolute Gasteiger partial charge is 0.246 e. The predicted molar refractivity (Wildman–Crippen MR) is 91.2 cm³/mol. The molecule has 0 spiro atoms. The maximum atomic E-state index is 12.6. The fraction of sp³-hybridized carbons (Fsp3) is 0.412. The van der Waals surface area contributed by atoms with Crippen LogP contribution < -0.4 is 9.64 Å². The minimum Gasteiger partial charge on any atom is -0.495 e. The lowest BCUT2D eigenvalue weighted by Gasteiger charge is -2.39. The third-order valence-electron chi connectivity index (χ3n) is 4.30. The number of benzene rings is 1. The van der Waals surface area contributed by atoms with Crippen LogP contribution in [0.25, 0.3) is 0 Å². The molecule has 132 valence electrons. The van der Waals surface area contributed by atoms with Crippen LogP contribution in [0, 0.1) is 0 Å². The molecular weight excluding hydrogens is 322 g/mol. The summed E-state index contributed by atoms with van der Waals surface area (Å²) in [4.78, 5) is 32.3. The molecule has 1 fully saturated rings. The Morgan fingerprint density at radius 1 is 1.36 bits per heavy atom. The fourth-order valence-corrected chi connectivity index (χ4v) is 2.97. The summed E-state index contributed by atoms with van der Waals surface area (Å²) in [7, 11) is 1.58. The van der Waals surface area contributed by atoms with Crippen LogP contribution in [-0.4, -0.2) is 57.7 Å². The Labute approximate surface area is 146 Å². The van der Waals surface area contributed by atoms with Crippen LogP contribution in [0.5, 0.6) is 5.75 Å². The largest absolute Gasteiger partial charge is 0.495 e. The monoisotopic (exact) mass is 343 g/mol. The Bertz CT molecular complexity index is 747. The van der Waals surface area contributed by atoms with E-state index >= 15 is 0 Å². The number of methoxy groups -OCH3 is 1. The minimum absolute atomic E-state index is 0.0592. The highest BCUT2D eigenvalue weighted by atomic mass is 16.5. The number of aryl methyl sites for hydroxylation is 1. The second kappa shape index (κ2) is 7.33. The molecular formula is C17H21N5O3. The summed E-state index contributed by atoms with van der Waals surface area (Å²) in [5.41, 5.74) is 0.733. The maximum Gasteiger partial charge on any atom is 0.246 e. The molecule has 0 aliphatic carbocycles. The van der Waals surface area contributed by atoms with E-state index in [-0.39, 0.29) is 30.8 Å². The first-order valence-corrected chi connectivity index (χ1v) is 8.15. The Morgan fingerprint density at radius 2 is 2.16 bits per heavy atom. The molecule has 25 heavy (non-hydrogen) atoms. The Balaban J connectivity index is 1.67. The molecule has 1 aromatic carbocycles. The van der Waals surface area contributed by atoms with E-state index in [4.69, 9.17) is 4.74 Å². The number of amides is 2. The number of nitrogens with zero attached hydrogens (tertiary/aromatic N) is 5. The summed E-state index contributed by atoms with van der Waals surface area (Å²) in [5.74, 6) is 0.474. The highest BCUT2D eigenvalue weighted by Gasteiger charge is 2.33. The molecule has 0 N–H and O–H groups in total. The topological polar surface area (TPSA) is 80.6 Å². The van der Waals surface area contributed by atoms with Crippen molar-refractivity contribution in [1.29, 1.82) is 0 Å². The van der Waals surface area contributed by atoms with Gasteiger partial charge in [0, 0.05) is 19.0 Å². The molecule has 1 aliphatic heterocycles. The lowest BCUT2D eigenvalue weighted by Crippen LogP contribution is -2.57. The van der Waals surface area contributed by atoms with Gasteiger partial charge in [0.2, 0.25) is 11.8 Å². The number of anilines is 1. The van der Waals surface area contributed by atoms with E-state index in [1.165, 1.54) is 6.33 Å². The van der Waals surface area contributed by atoms with Crippen LogP contribution in [0.2, 0.25) is 0 Å². The zero-order valence-electron chi connectivity index (χ0n) is 14.3. The first-order chi connectivity index (χ1) is 12.1. The number of aromatic nitrogens is 3. The molecule has 2 heterocycles. The van der Waals surface area contributed by atoms with Gasteiger partial charge in [-0.05, 0) is 19.1 Å². The van der Waals surface area contributed by atoms with Gasteiger partial charge in [-0.15, -0.1) is 0 Å². The number of para-hydroxylation sites is 2. The summed E-state index contributed by atoms with van der Waals surface area (Å²) in [6.45, 7) is 2.90. The summed E-state index contributed by atoms with van der Waals surface area (Å²) >= 11 is 0. The zero-order valence-corrected chi connectivity index (χ0v) is 14.3. The first-order valence-electron chi connectivity index (χ1n) is 8.15. The summed E-state index contributed by atoms with van der Waals surface area (Å²) in [5, 5.41) is 3.98. The summed E-state index contributed by atoms with van der Waals surface area (Å²) in [6.07, 6.45) is 3.29. The highest BCUT2D eigenvalue weighted by Crippen LogP contribution is 2.30. The Morgan fingerprint density at radius 3 is 2.88 bits per heavy atom. The SMILES string of the molecule is COc1ccccc1N1C[C@@H](C)N(C(=O)CCn2cncn2)CC1=O. The van der Waals surface area contributed by atoms with Gasteiger partial charge in [0.15, 0.2) is 0 Å². The molecule has 3 rings (SSSR count). The van der Waals surface area contributed by atoms with E-state index in [1.807, 2.05) is 31.2 Å². The van der Waals surface area contributed by atoms with E-state index in [0.717, 1.165) is 5.69 Å². The summed E-state index contributed by atoms with van der Waals surface area (Å²) < 4.78 is 6.95. The van der Waals surface area contributed by atoms with Gasteiger partial charge >= 0.3 is 0 Å². The lowest BCUT2D eigenvalue weighted by atomic mass is 10.1. The number of ether oxygens (including phenoxy) is 1. The fourth-order valence-electron chi connectivity index (χ4n) is 2.97. The average Bonchev–Trinajstić information content (AvgIpc) is 3.15. The predicted octanol–water partition coefficient (Wildman–Crippen LogP) is 0.941. The molecule has 8 heteroatoms. The minimum atomic E-state index is -0.114. The van der Waals surface area contributed by atoms with Gasteiger partial charge in [-0.3, -0.25) is 14.3 Å². The van der Waals surface area contributed by atoms with Crippen molar-refractivity contribution >= 4 is 17.5 Å². The van der Waals surface area contributed by atoms with Crippen molar-refractivity contribution in [3.8, 4) is 5.75 Å². The number of hydrogen-bond donors (Lipinski definition) is 0. The van der Waals surface area contributed by atoms with Crippen molar-refractivity contribution in [3.63, 3.8) is 0 Å². The van der Waals surface area contributed by atoms with E-state index < -0.39 is 0 Å². The van der Waals surface area contributed by atoms with Gasteiger partial charge in [-0.1, -0.05) is 12.1 Å². The molecule has 0 unspecified atom stereocenters. The molecule has 0 bridgehead atoms. The van der Waals surface area contributed by atoms with Crippen molar-refractivity contribution in [2.45, 2.75) is 25.9 Å². The first kappa shape index (κ1) is 16.9. The van der Waals surface area contributed by atoms with Crippen molar-refractivity contribution in [2.75, 3.05) is 25.1 Å². The van der Waals surface area contributed by atoms with Crippen molar-refractivity contribution in [1.82, 2.24) is 19.7 Å². The molecule has 8 nitrogen and oxygen atoms in total. The molecule has 2 amide bonds. The third kappa shape index (κ3) is 3.62. The number of hydrogen-bond acceptors (Lipinski definition) is 5. The molecule has 0 radical (unpaired) electrons. The number of rotatable bonds is 5. The van der Waals surface area contributed by atoms with Gasteiger partial charge in [-0.25, -0.2) is 4.98 Å². The van der Waals surface area contributed by atoms with Gasteiger partial charge in [0.25, 0.3) is 0 Å². The van der Waals surface area contributed by atoms with Gasteiger partial charge in [0.05, 0.1) is 19.3 Å².